The SMILES string of the molecule is Cn1c(N2CCC[C@@H](N)C2)cc(=O)n(Cc2ccccc2C#N)c1=O. The van der Waals surface area contributed by atoms with Gasteiger partial charge in [-0.15, -0.1) is 0 Å². The molecule has 1 saturated heterocycles. The fraction of sp³-hybridized carbons (Fsp3) is 0.389. The van der Waals surface area contributed by atoms with Crippen LogP contribution in [-0.4, -0.2) is 28.3 Å². The molecule has 2 heterocycles. The molecule has 1 fully saturated rings. The number of benzene rings is 1. The van der Waals surface area contributed by atoms with Crippen molar-refractivity contribution in [3.63, 3.8) is 0 Å². The van der Waals surface area contributed by atoms with Crippen LogP contribution < -0.4 is 21.9 Å². The monoisotopic (exact) mass is 339 g/mol. The summed E-state index contributed by atoms with van der Waals surface area (Å²) in [5.41, 5.74) is 6.36. The third-order valence-electron chi connectivity index (χ3n) is 4.63. The zero-order valence-corrected chi connectivity index (χ0v) is 14.2. The zero-order chi connectivity index (χ0) is 18.0. The Hall–Kier alpha value is -2.85. The van der Waals surface area contributed by atoms with Crippen LogP contribution in [0, 0.1) is 11.3 Å². The summed E-state index contributed by atoms with van der Waals surface area (Å²) in [5, 5.41) is 9.19. The number of anilines is 1. The number of hydrogen-bond donors (Lipinski definition) is 1. The van der Waals surface area contributed by atoms with Gasteiger partial charge in [-0.3, -0.25) is 13.9 Å². The van der Waals surface area contributed by atoms with Crippen LogP contribution in [0.25, 0.3) is 0 Å². The summed E-state index contributed by atoms with van der Waals surface area (Å²) in [6, 6.07) is 10.6. The molecule has 2 N–H and O–H groups in total. The second-order valence-electron chi connectivity index (χ2n) is 6.39. The molecule has 0 unspecified atom stereocenters. The standard InChI is InChI=1S/C18H21N5O2/c1-21-16(22-8-4-7-15(20)12-22)9-17(24)23(18(21)25)11-14-6-3-2-5-13(14)10-19/h2-3,5-6,9,15H,4,7-8,11-12,20H2,1H3/t15-/m1/s1. The van der Waals surface area contributed by atoms with Crippen molar-refractivity contribution in [1.29, 1.82) is 5.26 Å². The van der Waals surface area contributed by atoms with Crippen molar-refractivity contribution >= 4 is 5.82 Å². The Labute approximate surface area is 145 Å². The highest BCUT2D eigenvalue weighted by Crippen LogP contribution is 2.16. The van der Waals surface area contributed by atoms with Gasteiger partial charge in [0.15, 0.2) is 0 Å². The number of nitriles is 1. The second kappa shape index (κ2) is 6.95. The maximum absolute atomic E-state index is 12.7. The number of nitrogens with two attached hydrogens (primary N) is 1. The van der Waals surface area contributed by atoms with Crippen molar-refractivity contribution in [2.45, 2.75) is 25.4 Å². The molecule has 0 saturated carbocycles. The van der Waals surface area contributed by atoms with Crippen LogP contribution in [0.3, 0.4) is 0 Å². The topological polar surface area (TPSA) is 97.0 Å². The van der Waals surface area contributed by atoms with Crippen LogP contribution in [0.1, 0.15) is 24.0 Å². The Bertz CT molecular complexity index is 938. The summed E-state index contributed by atoms with van der Waals surface area (Å²) in [5.74, 6) is 0.593. The lowest BCUT2D eigenvalue weighted by Crippen LogP contribution is -2.47. The highest BCUT2D eigenvalue weighted by Gasteiger charge is 2.21. The molecular formula is C18H21N5O2. The van der Waals surface area contributed by atoms with Crippen LogP contribution >= 0.6 is 0 Å². The van der Waals surface area contributed by atoms with Crippen molar-refractivity contribution in [3.8, 4) is 6.07 Å². The van der Waals surface area contributed by atoms with Crippen molar-refractivity contribution < 1.29 is 0 Å². The van der Waals surface area contributed by atoms with E-state index in [1.165, 1.54) is 10.6 Å². The van der Waals surface area contributed by atoms with E-state index in [9.17, 15) is 14.9 Å². The van der Waals surface area contributed by atoms with Crippen LogP contribution in [-0.2, 0) is 13.6 Å². The van der Waals surface area contributed by atoms with Gasteiger partial charge < -0.3 is 10.6 Å². The molecule has 7 nitrogen and oxygen atoms in total. The summed E-state index contributed by atoms with van der Waals surface area (Å²) < 4.78 is 2.64. The molecule has 2 aromatic rings. The van der Waals surface area contributed by atoms with Gasteiger partial charge in [0.25, 0.3) is 5.56 Å². The lowest BCUT2D eigenvalue weighted by Gasteiger charge is -2.33. The number of nitrogens with zero attached hydrogens (tertiary/aromatic N) is 4. The van der Waals surface area contributed by atoms with E-state index < -0.39 is 5.69 Å². The Kier molecular flexibility index (Phi) is 4.72. The van der Waals surface area contributed by atoms with Crippen LogP contribution in [0.2, 0.25) is 0 Å². The van der Waals surface area contributed by atoms with Crippen molar-refractivity contribution in [2.24, 2.45) is 12.8 Å². The molecule has 0 amide bonds. The fourth-order valence-corrected chi connectivity index (χ4v) is 3.26. The molecule has 25 heavy (non-hydrogen) atoms. The van der Waals surface area contributed by atoms with Crippen molar-refractivity contribution in [3.05, 3.63) is 62.3 Å². The second-order valence-corrected chi connectivity index (χ2v) is 6.39. The van der Waals surface area contributed by atoms with Gasteiger partial charge in [0, 0.05) is 32.2 Å². The summed E-state index contributed by atoms with van der Waals surface area (Å²) in [4.78, 5) is 27.3. The molecule has 1 aromatic carbocycles. The first-order chi connectivity index (χ1) is 12.0. The van der Waals surface area contributed by atoms with E-state index in [0.29, 0.717) is 23.5 Å². The predicted octanol–water partition coefficient (Wildman–Crippen LogP) is 0.394. The van der Waals surface area contributed by atoms with E-state index >= 15 is 0 Å². The minimum atomic E-state index is -0.394. The smallest absolute Gasteiger partial charge is 0.332 e. The summed E-state index contributed by atoms with van der Waals surface area (Å²) in [6.07, 6.45) is 1.89. The molecule has 1 aliphatic heterocycles. The van der Waals surface area contributed by atoms with Gasteiger partial charge in [0.2, 0.25) is 0 Å². The molecule has 0 radical (unpaired) electrons. The van der Waals surface area contributed by atoms with E-state index in [-0.39, 0.29) is 18.1 Å². The number of rotatable bonds is 3. The van der Waals surface area contributed by atoms with Gasteiger partial charge in [-0.25, -0.2) is 4.79 Å². The average molecular weight is 339 g/mol. The van der Waals surface area contributed by atoms with Crippen LogP contribution in [0.4, 0.5) is 5.82 Å². The summed E-state index contributed by atoms with van der Waals surface area (Å²) in [7, 11) is 1.66. The predicted molar refractivity (Wildman–Crippen MR) is 95.6 cm³/mol. The van der Waals surface area contributed by atoms with E-state index in [0.717, 1.165) is 24.0 Å². The normalized spacial score (nSPS) is 17.3. The van der Waals surface area contributed by atoms with Gasteiger partial charge >= 0.3 is 5.69 Å². The largest absolute Gasteiger partial charge is 0.356 e. The number of aromatic nitrogens is 2. The zero-order valence-electron chi connectivity index (χ0n) is 14.2. The highest BCUT2D eigenvalue weighted by molar-refractivity contribution is 5.40. The van der Waals surface area contributed by atoms with E-state index in [2.05, 4.69) is 6.07 Å². The highest BCUT2D eigenvalue weighted by atomic mass is 16.2. The molecule has 3 rings (SSSR count). The van der Waals surface area contributed by atoms with Gasteiger partial charge in [-0.05, 0) is 24.5 Å². The van der Waals surface area contributed by atoms with Gasteiger partial charge in [-0.1, -0.05) is 18.2 Å². The van der Waals surface area contributed by atoms with E-state index in [4.69, 9.17) is 5.73 Å². The summed E-state index contributed by atoms with van der Waals surface area (Å²) >= 11 is 0. The van der Waals surface area contributed by atoms with Crippen LogP contribution in [0.15, 0.2) is 39.9 Å². The molecule has 1 aliphatic rings. The minimum Gasteiger partial charge on any atom is -0.356 e. The summed E-state index contributed by atoms with van der Waals surface area (Å²) in [6.45, 7) is 1.49. The lowest BCUT2D eigenvalue weighted by molar-refractivity contribution is 0.493. The molecule has 0 spiro atoms. The molecule has 130 valence electrons. The molecular weight excluding hydrogens is 318 g/mol. The maximum atomic E-state index is 12.7. The number of piperidine rings is 1. The van der Waals surface area contributed by atoms with E-state index in [1.54, 1.807) is 31.3 Å². The first-order valence-corrected chi connectivity index (χ1v) is 8.30. The van der Waals surface area contributed by atoms with Gasteiger partial charge in [0.1, 0.15) is 5.82 Å². The number of hydrogen-bond acceptors (Lipinski definition) is 5. The third kappa shape index (κ3) is 3.35. The third-order valence-corrected chi connectivity index (χ3v) is 4.63. The molecule has 7 heteroatoms. The fourth-order valence-electron chi connectivity index (χ4n) is 3.26. The molecule has 1 atom stereocenters. The van der Waals surface area contributed by atoms with Crippen LogP contribution in [0.5, 0.6) is 0 Å². The Balaban J connectivity index is 2.00. The quantitative estimate of drug-likeness (QED) is 0.873. The Morgan fingerprint density at radius 1 is 1.32 bits per heavy atom. The first-order valence-electron chi connectivity index (χ1n) is 8.30. The van der Waals surface area contributed by atoms with Crippen molar-refractivity contribution in [2.75, 3.05) is 18.0 Å². The Morgan fingerprint density at radius 2 is 2.08 bits per heavy atom. The molecule has 0 aliphatic carbocycles. The maximum Gasteiger partial charge on any atom is 0.332 e. The van der Waals surface area contributed by atoms with Crippen molar-refractivity contribution in [1.82, 2.24) is 9.13 Å². The minimum absolute atomic E-state index is 0.0498. The van der Waals surface area contributed by atoms with Gasteiger partial charge in [0.05, 0.1) is 18.2 Å². The van der Waals surface area contributed by atoms with E-state index in [1.807, 2.05) is 4.90 Å². The molecule has 0 bridgehead atoms. The first kappa shape index (κ1) is 17.0. The lowest BCUT2D eigenvalue weighted by atomic mass is 10.1. The average Bonchev–Trinajstić information content (AvgIpc) is 2.62. The van der Waals surface area contributed by atoms with Gasteiger partial charge in [-0.2, -0.15) is 5.26 Å². The molecule has 1 aromatic heterocycles. The Morgan fingerprint density at radius 3 is 2.80 bits per heavy atom.